The fraction of sp³-hybridized carbons (Fsp3) is 0.941. The highest BCUT2D eigenvalue weighted by Crippen LogP contribution is 2.68. The van der Waals surface area contributed by atoms with Crippen molar-refractivity contribution in [3.8, 4) is 0 Å². The molecule has 0 amide bonds. The highest BCUT2D eigenvalue weighted by molar-refractivity contribution is 5.80. The number of rotatable bonds is 7. The Morgan fingerprint density at radius 1 is 0.590 bits per heavy atom. The van der Waals surface area contributed by atoms with Gasteiger partial charge in [0.1, 0.15) is 5.41 Å². The van der Waals surface area contributed by atoms with Crippen molar-refractivity contribution in [1.29, 1.82) is 0 Å². The average molecular weight is 626 g/mol. The molecule has 230 valence electrons. The number of cyclic esters (lactones) is 1. The van der Waals surface area contributed by atoms with Crippen LogP contribution in [-0.4, -0.2) is 66.4 Å². The van der Waals surface area contributed by atoms with Crippen molar-refractivity contribution in [3.05, 3.63) is 0 Å². The summed E-state index contributed by atoms with van der Waals surface area (Å²) in [6.45, 7) is -1.49. The van der Waals surface area contributed by atoms with Gasteiger partial charge in [0.05, 0.1) is 6.61 Å². The van der Waals surface area contributed by atoms with E-state index in [4.69, 9.17) is 0 Å². The number of halogens is 20. The number of esters is 1. The van der Waals surface area contributed by atoms with Crippen molar-refractivity contribution in [3.63, 3.8) is 0 Å². The second kappa shape index (κ2) is 8.54. The van der Waals surface area contributed by atoms with Gasteiger partial charge in [0.25, 0.3) is 0 Å². The van der Waals surface area contributed by atoms with Crippen LogP contribution in [0.15, 0.2) is 0 Å². The molecule has 22 heteroatoms. The number of carbonyl (C=O) groups excluding carboxylic acids is 1. The summed E-state index contributed by atoms with van der Waals surface area (Å²) in [5.74, 6) is -47.4. The molecule has 39 heavy (non-hydrogen) atoms. The quantitative estimate of drug-likeness (QED) is 0.216. The molecular weight excluding hydrogens is 616 g/mol. The van der Waals surface area contributed by atoms with Crippen molar-refractivity contribution in [1.82, 2.24) is 0 Å². The Morgan fingerprint density at radius 2 is 1.00 bits per heavy atom. The van der Waals surface area contributed by atoms with E-state index < -0.39 is 103 Å². The summed E-state index contributed by atoms with van der Waals surface area (Å²) in [6.07, 6.45) is -29.5. The second-order valence-electron chi connectivity index (χ2n) is 8.97. The molecule has 1 aliphatic heterocycles. The molecule has 2 aliphatic rings. The van der Waals surface area contributed by atoms with Crippen molar-refractivity contribution >= 4 is 5.97 Å². The van der Waals surface area contributed by atoms with Crippen LogP contribution in [0.1, 0.15) is 19.3 Å². The zero-order valence-electron chi connectivity index (χ0n) is 17.9. The Morgan fingerprint density at radius 3 is 1.38 bits per heavy atom. The van der Waals surface area contributed by atoms with E-state index in [0.29, 0.717) is 0 Å². The first kappa shape index (κ1) is 33.3. The highest BCUT2D eigenvalue weighted by atomic mass is 19.4. The average Bonchev–Trinajstić information content (AvgIpc) is 3.01. The zero-order valence-corrected chi connectivity index (χ0v) is 17.9. The van der Waals surface area contributed by atoms with Crippen LogP contribution in [0.4, 0.5) is 87.8 Å². The van der Waals surface area contributed by atoms with Gasteiger partial charge in [-0.2, -0.15) is 83.4 Å². The molecule has 0 aromatic rings. The third-order valence-corrected chi connectivity index (χ3v) is 6.66. The highest BCUT2D eigenvalue weighted by Gasteiger charge is 2.91. The van der Waals surface area contributed by atoms with Gasteiger partial charge in [-0.1, -0.05) is 0 Å². The zero-order chi connectivity index (χ0) is 31.3. The van der Waals surface area contributed by atoms with Crippen LogP contribution in [0, 0.1) is 17.3 Å². The number of carbonyl (C=O) groups is 1. The van der Waals surface area contributed by atoms with Gasteiger partial charge in [0, 0.05) is 6.42 Å². The summed E-state index contributed by atoms with van der Waals surface area (Å²) in [5.41, 5.74) is -11.1. The number of alkyl halides is 20. The first-order valence-electron chi connectivity index (χ1n) is 9.75. The first-order valence-corrected chi connectivity index (χ1v) is 9.75. The molecule has 0 aromatic heterocycles. The molecule has 2 nitrogen and oxygen atoms in total. The SMILES string of the molecule is O=C1OC[C@@H]2C[C@@]1(C(F)(C(F)(F)F)C(F)(F)F)C[C@H]2CC(F)(F)C(F)(F)C(F)(F)C(F)(F)C(F)(F)C(F)(F)F. The Labute approximate surface area is 201 Å². The number of hydrogen-bond donors (Lipinski definition) is 0. The fourth-order valence-electron chi connectivity index (χ4n) is 4.62. The molecule has 3 atom stereocenters. The summed E-state index contributed by atoms with van der Waals surface area (Å²) in [4.78, 5) is 11.9. The molecule has 1 heterocycles. The van der Waals surface area contributed by atoms with Crippen LogP contribution in [0.5, 0.6) is 0 Å². The molecule has 1 saturated carbocycles. The Bertz CT molecular complexity index is 945. The molecule has 1 aliphatic carbocycles. The lowest BCUT2D eigenvalue weighted by Gasteiger charge is -2.44. The van der Waals surface area contributed by atoms with Gasteiger partial charge in [-0.05, 0) is 24.7 Å². The lowest BCUT2D eigenvalue weighted by atomic mass is 9.68. The van der Waals surface area contributed by atoms with Crippen molar-refractivity contribution in [2.75, 3.05) is 6.61 Å². The normalized spacial score (nSPS) is 26.6. The third-order valence-electron chi connectivity index (χ3n) is 6.66. The molecule has 0 N–H and O–H groups in total. The minimum absolute atomic E-state index is 1.49. The van der Waals surface area contributed by atoms with E-state index in [-0.39, 0.29) is 0 Å². The lowest BCUT2D eigenvalue weighted by Crippen LogP contribution is -2.70. The van der Waals surface area contributed by atoms with Crippen LogP contribution in [-0.2, 0) is 9.53 Å². The van der Waals surface area contributed by atoms with E-state index in [2.05, 4.69) is 4.74 Å². The van der Waals surface area contributed by atoms with Gasteiger partial charge >= 0.3 is 59.8 Å². The topological polar surface area (TPSA) is 26.3 Å². The molecule has 0 unspecified atom stereocenters. The Balaban J connectivity index is 2.57. The van der Waals surface area contributed by atoms with Gasteiger partial charge in [-0.25, -0.2) is 4.39 Å². The molecule has 1 saturated heterocycles. The summed E-state index contributed by atoms with van der Waals surface area (Å²) >= 11 is 0. The van der Waals surface area contributed by atoms with E-state index in [0.717, 1.165) is 0 Å². The van der Waals surface area contributed by atoms with Crippen molar-refractivity contribution in [2.24, 2.45) is 17.3 Å². The maximum atomic E-state index is 14.8. The summed E-state index contributed by atoms with van der Waals surface area (Å²) in [6, 6.07) is 0. The van der Waals surface area contributed by atoms with Crippen LogP contribution >= 0.6 is 0 Å². The minimum Gasteiger partial charge on any atom is -0.465 e. The standard InChI is InChI=1S/C17H10F20O2/c18-9(19,11(21,22)12(23,24)13(25,26)14(27,28)17(35,36)37)3-5-1-8(2-6(5)4-39-7(8)38)10(20,15(29,30)31)16(32,33)34/h5-6H,1-4H2/t5-,6-,8-/m0/s1. The fourth-order valence-corrected chi connectivity index (χ4v) is 4.62. The summed E-state index contributed by atoms with van der Waals surface area (Å²) in [5, 5.41) is 0. The maximum absolute atomic E-state index is 14.8. The van der Waals surface area contributed by atoms with Crippen LogP contribution < -0.4 is 0 Å². The number of ether oxygens (including phenoxy) is 1. The van der Waals surface area contributed by atoms with Crippen LogP contribution in [0.2, 0.25) is 0 Å². The Kier molecular flexibility index (Phi) is 7.29. The summed E-state index contributed by atoms with van der Waals surface area (Å²) in [7, 11) is 0. The Hall–Kier alpha value is -1.93. The van der Waals surface area contributed by atoms with Gasteiger partial charge in [0.15, 0.2) is 0 Å². The van der Waals surface area contributed by atoms with Gasteiger partial charge < -0.3 is 4.74 Å². The monoisotopic (exact) mass is 626 g/mol. The van der Waals surface area contributed by atoms with E-state index in [9.17, 15) is 92.6 Å². The van der Waals surface area contributed by atoms with Gasteiger partial charge in [-0.3, -0.25) is 4.79 Å². The van der Waals surface area contributed by atoms with Crippen LogP contribution in [0.25, 0.3) is 0 Å². The van der Waals surface area contributed by atoms with E-state index in [1.165, 1.54) is 0 Å². The van der Waals surface area contributed by atoms with E-state index >= 15 is 0 Å². The molecule has 0 aromatic carbocycles. The molecule has 2 bridgehead atoms. The molecule has 0 spiro atoms. The summed E-state index contributed by atoms with van der Waals surface area (Å²) < 4.78 is 271. The number of fused-ring (bicyclic) bond motifs is 2. The number of hydrogen-bond acceptors (Lipinski definition) is 2. The maximum Gasteiger partial charge on any atom is 0.460 e. The van der Waals surface area contributed by atoms with Gasteiger partial charge in [-0.15, -0.1) is 0 Å². The molecule has 2 rings (SSSR count). The molecule has 2 fully saturated rings. The van der Waals surface area contributed by atoms with Crippen LogP contribution in [0.3, 0.4) is 0 Å². The lowest BCUT2D eigenvalue weighted by molar-refractivity contribution is -0.440. The minimum atomic E-state index is -8.29. The van der Waals surface area contributed by atoms with Crippen molar-refractivity contribution < 1.29 is 97.3 Å². The predicted octanol–water partition coefficient (Wildman–Crippen LogP) is 7.52. The smallest absolute Gasteiger partial charge is 0.460 e. The van der Waals surface area contributed by atoms with E-state index in [1.807, 2.05) is 0 Å². The van der Waals surface area contributed by atoms with E-state index in [1.54, 1.807) is 0 Å². The van der Waals surface area contributed by atoms with Crippen molar-refractivity contribution in [2.45, 2.75) is 73.1 Å². The molecule has 0 radical (unpaired) electrons. The first-order chi connectivity index (χ1) is 16.8. The largest absolute Gasteiger partial charge is 0.465 e. The second-order valence-corrected chi connectivity index (χ2v) is 8.97. The third kappa shape index (κ3) is 4.18. The molecular formula is C17H10F20O2. The predicted molar refractivity (Wildman–Crippen MR) is 81.0 cm³/mol. The van der Waals surface area contributed by atoms with Gasteiger partial charge in [0.2, 0.25) is 0 Å².